The molecule has 1 aromatic heterocycles. The van der Waals surface area contributed by atoms with Crippen LogP contribution in [0.15, 0.2) is 12.3 Å². The van der Waals surface area contributed by atoms with E-state index in [1.54, 1.807) is 6.07 Å². The molecule has 2 atom stereocenters. The van der Waals surface area contributed by atoms with Crippen molar-refractivity contribution in [2.24, 2.45) is 0 Å². The molecule has 0 aliphatic carbocycles. The first-order valence-electron chi connectivity index (χ1n) is 7.21. The molecule has 0 spiro atoms. The van der Waals surface area contributed by atoms with E-state index in [2.05, 4.69) is 15.0 Å². The summed E-state index contributed by atoms with van der Waals surface area (Å²) in [6.07, 6.45) is -10.6. The Kier molecular flexibility index (Phi) is 5.22. The zero-order valence-corrected chi connectivity index (χ0v) is 13.2. The van der Waals surface area contributed by atoms with Gasteiger partial charge >= 0.3 is 18.4 Å². The van der Waals surface area contributed by atoms with E-state index in [9.17, 15) is 26.7 Å². The number of pyridine rings is 1. The largest absolute Gasteiger partial charge is 0.465 e. The van der Waals surface area contributed by atoms with Gasteiger partial charge in [-0.1, -0.05) is 0 Å². The first-order valence-corrected chi connectivity index (χ1v) is 7.21. The molecule has 0 bridgehead atoms. The highest BCUT2D eigenvalue weighted by molar-refractivity contribution is 5.66. The third kappa shape index (κ3) is 4.29. The van der Waals surface area contributed by atoms with Gasteiger partial charge in [0.05, 0.1) is 23.3 Å². The molecular weight excluding hydrogens is 367 g/mol. The Morgan fingerprint density at radius 3 is 2.77 bits per heavy atom. The number of ether oxygens (including phenoxy) is 1. The summed E-state index contributed by atoms with van der Waals surface area (Å²) in [6.45, 7) is -0.248. The van der Waals surface area contributed by atoms with E-state index in [0.29, 0.717) is 17.2 Å². The molecule has 0 radical (unpaired) electrons. The summed E-state index contributed by atoms with van der Waals surface area (Å²) < 4.78 is 69.1. The number of aromatic nitrogens is 1. The van der Waals surface area contributed by atoms with E-state index in [4.69, 9.17) is 10.4 Å². The van der Waals surface area contributed by atoms with Gasteiger partial charge in [-0.2, -0.15) is 27.2 Å². The monoisotopic (exact) mass is 380 g/mol. The molecule has 1 unspecified atom stereocenters. The Bertz CT molecular complexity index is 734. The predicted molar refractivity (Wildman–Crippen MR) is 76.5 cm³/mol. The molecule has 7 nitrogen and oxygen atoms in total. The van der Waals surface area contributed by atoms with Gasteiger partial charge in [0.2, 0.25) is 0 Å². The van der Waals surface area contributed by atoms with Crippen molar-refractivity contribution in [2.45, 2.75) is 31.4 Å². The highest BCUT2D eigenvalue weighted by Gasteiger charge is 2.47. The van der Waals surface area contributed by atoms with Crippen LogP contribution in [0.3, 0.4) is 0 Å². The van der Waals surface area contributed by atoms with Crippen LogP contribution in [-0.2, 0) is 10.9 Å². The zero-order chi connectivity index (χ0) is 19.7. The number of morpholine rings is 1. The first kappa shape index (κ1) is 19.6. The molecule has 2 rings (SSSR count). The number of carboxylic acid groups (broad SMARTS) is 1. The molecule has 12 heteroatoms. The second-order valence-corrected chi connectivity index (χ2v) is 5.55. The number of hydrogen-bond acceptors (Lipinski definition) is 5. The minimum absolute atomic E-state index is 0.227. The Hall–Kier alpha value is -2.68. The lowest BCUT2D eigenvalue weighted by molar-refractivity contribution is -0.299. The van der Waals surface area contributed by atoms with Crippen molar-refractivity contribution >= 4 is 11.9 Å². The van der Waals surface area contributed by atoms with Crippen molar-refractivity contribution in [3.63, 3.8) is 0 Å². The number of nitriles is 1. The normalized spacial score (nSPS) is 22.6. The summed E-state index contributed by atoms with van der Waals surface area (Å²) in [4.78, 5) is 15.2. The maximum atomic E-state index is 13.4. The third-order valence-corrected chi connectivity index (χ3v) is 3.71. The molecule has 1 aliphatic rings. The van der Waals surface area contributed by atoms with Crippen LogP contribution >= 0.6 is 0 Å². The number of nitrogens with zero attached hydrogens (tertiary/aromatic N) is 3. The number of hydrogen-bond donors (Lipinski definition) is 2. The molecule has 1 aliphatic heterocycles. The lowest BCUT2D eigenvalue weighted by Gasteiger charge is -2.41. The highest BCUT2D eigenvalue weighted by Crippen LogP contribution is 2.31. The zero-order valence-electron chi connectivity index (χ0n) is 13.2. The van der Waals surface area contributed by atoms with Gasteiger partial charge in [0.25, 0.3) is 0 Å². The van der Waals surface area contributed by atoms with Crippen LogP contribution in [0, 0.1) is 11.3 Å². The summed E-state index contributed by atoms with van der Waals surface area (Å²) in [6, 6.07) is 1.06. The summed E-state index contributed by atoms with van der Waals surface area (Å²) in [7, 11) is 0. The molecule has 2 N–H and O–H groups in total. The van der Waals surface area contributed by atoms with E-state index in [1.807, 2.05) is 0 Å². The van der Waals surface area contributed by atoms with Crippen LogP contribution in [0.5, 0.6) is 0 Å². The Balaban J connectivity index is 2.19. The van der Waals surface area contributed by atoms with Crippen molar-refractivity contribution in [3.8, 4) is 6.07 Å². The number of amides is 1. The summed E-state index contributed by atoms with van der Waals surface area (Å²) >= 11 is 0. The third-order valence-electron chi connectivity index (χ3n) is 3.71. The molecule has 0 aromatic carbocycles. The van der Waals surface area contributed by atoms with Gasteiger partial charge in [-0.25, -0.2) is 9.78 Å². The van der Waals surface area contributed by atoms with Crippen molar-refractivity contribution in [3.05, 3.63) is 23.4 Å². The van der Waals surface area contributed by atoms with Crippen molar-refractivity contribution < 1.29 is 36.6 Å². The SMILES string of the molecule is C[C@@H]1OC(F)(F)CN(C(=O)O)C1CNc1ncc(C(F)(F)F)cc1C#N. The summed E-state index contributed by atoms with van der Waals surface area (Å²) in [5.41, 5.74) is -1.54. The fraction of sp³-hybridized carbons (Fsp3) is 0.500. The molecule has 142 valence electrons. The molecule has 1 aromatic rings. The Morgan fingerprint density at radius 2 is 2.23 bits per heavy atom. The van der Waals surface area contributed by atoms with Gasteiger partial charge in [0.15, 0.2) is 0 Å². The number of rotatable bonds is 3. The second-order valence-electron chi connectivity index (χ2n) is 5.55. The van der Waals surface area contributed by atoms with Gasteiger partial charge in [-0.3, -0.25) is 4.90 Å². The molecule has 2 heterocycles. The number of anilines is 1. The second kappa shape index (κ2) is 6.91. The van der Waals surface area contributed by atoms with E-state index >= 15 is 0 Å². The topological polar surface area (TPSA) is 98.5 Å². The summed E-state index contributed by atoms with van der Waals surface area (Å²) in [5.74, 6) is -0.227. The van der Waals surface area contributed by atoms with E-state index < -0.39 is 48.2 Å². The Labute approximate surface area is 144 Å². The van der Waals surface area contributed by atoms with Crippen molar-refractivity contribution in [1.29, 1.82) is 5.26 Å². The molecule has 1 fully saturated rings. The van der Waals surface area contributed by atoms with Crippen LogP contribution in [0.4, 0.5) is 32.6 Å². The maximum Gasteiger partial charge on any atom is 0.417 e. The van der Waals surface area contributed by atoms with Gasteiger partial charge < -0.3 is 15.2 Å². The van der Waals surface area contributed by atoms with Crippen LogP contribution in [0.25, 0.3) is 0 Å². The van der Waals surface area contributed by atoms with Crippen LogP contribution < -0.4 is 5.32 Å². The minimum Gasteiger partial charge on any atom is -0.465 e. The van der Waals surface area contributed by atoms with Gasteiger partial charge in [0.1, 0.15) is 18.4 Å². The van der Waals surface area contributed by atoms with E-state index in [0.717, 1.165) is 0 Å². The fourth-order valence-corrected chi connectivity index (χ4v) is 2.49. The number of halogens is 5. The van der Waals surface area contributed by atoms with Crippen molar-refractivity contribution in [1.82, 2.24) is 9.88 Å². The number of nitrogens with one attached hydrogen (secondary N) is 1. The van der Waals surface area contributed by atoms with Gasteiger partial charge in [-0.05, 0) is 13.0 Å². The van der Waals surface area contributed by atoms with E-state index in [1.165, 1.54) is 6.92 Å². The average Bonchev–Trinajstić information content (AvgIpc) is 2.51. The molecular formula is C14H13F5N4O3. The predicted octanol–water partition coefficient (Wildman–Crippen LogP) is 2.74. The lowest BCUT2D eigenvalue weighted by atomic mass is 10.1. The number of alkyl halides is 5. The molecule has 26 heavy (non-hydrogen) atoms. The van der Waals surface area contributed by atoms with Crippen LogP contribution in [0.2, 0.25) is 0 Å². The van der Waals surface area contributed by atoms with Gasteiger partial charge in [0, 0.05) is 12.7 Å². The van der Waals surface area contributed by atoms with Crippen LogP contribution in [0.1, 0.15) is 18.1 Å². The average molecular weight is 380 g/mol. The molecule has 1 saturated heterocycles. The van der Waals surface area contributed by atoms with Crippen LogP contribution in [-0.4, -0.2) is 52.4 Å². The smallest absolute Gasteiger partial charge is 0.417 e. The lowest BCUT2D eigenvalue weighted by Crippen LogP contribution is -2.60. The van der Waals surface area contributed by atoms with Gasteiger partial charge in [-0.15, -0.1) is 0 Å². The molecule has 1 amide bonds. The number of carbonyl (C=O) groups is 1. The maximum absolute atomic E-state index is 13.4. The van der Waals surface area contributed by atoms with E-state index in [-0.39, 0.29) is 12.4 Å². The first-order chi connectivity index (χ1) is 11.9. The summed E-state index contributed by atoms with van der Waals surface area (Å²) in [5, 5.41) is 20.6. The standard InChI is InChI=1S/C14H13F5N4O3/c1-7-10(23(12(24)25)6-13(15,16)26-7)5-22-11-8(3-20)2-9(4-21-11)14(17,18)19/h2,4,7,10H,5-6H2,1H3,(H,21,22)(H,24,25)/t7-,10?/m0/s1. The molecule has 0 saturated carbocycles. The Morgan fingerprint density at radius 1 is 1.58 bits per heavy atom. The highest BCUT2D eigenvalue weighted by atomic mass is 19.4. The minimum atomic E-state index is -4.69. The fourth-order valence-electron chi connectivity index (χ4n) is 2.49. The van der Waals surface area contributed by atoms with Crippen molar-refractivity contribution in [2.75, 3.05) is 18.4 Å². The quantitative estimate of drug-likeness (QED) is 0.783.